The molecule has 0 aliphatic rings. The minimum absolute atomic E-state index is 0.0603. The number of carbonyl (C=O) groups is 2. The van der Waals surface area contributed by atoms with E-state index in [-0.39, 0.29) is 23.8 Å². The monoisotopic (exact) mass is 633 g/mol. The zero-order chi connectivity index (χ0) is 29.4. The van der Waals surface area contributed by atoms with Crippen molar-refractivity contribution in [2.45, 2.75) is 30.8 Å². The molecule has 0 saturated heterocycles. The highest BCUT2D eigenvalue weighted by Crippen LogP contribution is 2.27. The molecular formula is C32H32BrN3O4S. The summed E-state index contributed by atoms with van der Waals surface area (Å²) in [6.45, 7) is 1.59. The summed E-state index contributed by atoms with van der Waals surface area (Å²) in [6, 6.07) is 31.1. The molecule has 1 N–H and O–H groups in total. The lowest BCUT2D eigenvalue weighted by molar-refractivity contribution is -0.139. The number of hydrogen-bond acceptors (Lipinski definition) is 4. The van der Waals surface area contributed by atoms with Gasteiger partial charge in [0.05, 0.1) is 10.6 Å². The summed E-state index contributed by atoms with van der Waals surface area (Å²) in [4.78, 5) is 29.1. The van der Waals surface area contributed by atoms with Gasteiger partial charge in [0.1, 0.15) is 12.6 Å². The molecule has 0 aromatic heterocycles. The van der Waals surface area contributed by atoms with Gasteiger partial charge in [0.25, 0.3) is 10.0 Å². The summed E-state index contributed by atoms with van der Waals surface area (Å²) in [5.41, 5.74) is 3.05. The molecule has 212 valence electrons. The highest BCUT2D eigenvalue weighted by molar-refractivity contribution is 9.10. The van der Waals surface area contributed by atoms with Crippen LogP contribution in [0, 0.1) is 6.92 Å². The van der Waals surface area contributed by atoms with Gasteiger partial charge in [0.2, 0.25) is 11.8 Å². The van der Waals surface area contributed by atoms with Crippen molar-refractivity contribution in [3.05, 3.63) is 130 Å². The lowest BCUT2D eigenvalue weighted by Gasteiger charge is -2.33. The maximum atomic E-state index is 14.3. The fraction of sp³-hybridized carbons (Fsp3) is 0.188. The predicted molar refractivity (Wildman–Crippen MR) is 165 cm³/mol. The molecule has 9 heteroatoms. The smallest absolute Gasteiger partial charge is 0.264 e. The molecule has 7 nitrogen and oxygen atoms in total. The fourth-order valence-corrected chi connectivity index (χ4v) is 6.42. The molecule has 4 aromatic rings. The van der Waals surface area contributed by atoms with Crippen LogP contribution in [0.2, 0.25) is 0 Å². The van der Waals surface area contributed by atoms with Crippen molar-refractivity contribution in [2.75, 3.05) is 17.9 Å². The summed E-state index contributed by atoms with van der Waals surface area (Å²) in [7, 11) is -2.59. The zero-order valence-electron chi connectivity index (χ0n) is 22.9. The molecule has 0 unspecified atom stereocenters. The van der Waals surface area contributed by atoms with Gasteiger partial charge in [0, 0.05) is 24.5 Å². The van der Waals surface area contributed by atoms with E-state index in [1.54, 1.807) is 42.5 Å². The quantitative estimate of drug-likeness (QED) is 0.242. The first-order chi connectivity index (χ1) is 19.7. The van der Waals surface area contributed by atoms with Crippen LogP contribution < -0.4 is 9.62 Å². The fourth-order valence-electron chi connectivity index (χ4n) is 4.61. The van der Waals surface area contributed by atoms with E-state index >= 15 is 0 Å². The lowest BCUT2D eigenvalue weighted by Crippen LogP contribution is -2.53. The van der Waals surface area contributed by atoms with Crippen molar-refractivity contribution in [2.24, 2.45) is 0 Å². The van der Waals surface area contributed by atoms with Gasteiger partial charge in [0.15, 0.2) is 0 Å². The van der Waals surface area contributed by atoms with Crippen LogP contribution in [-0.4, -0.2) is 44.8 Å². The summed E-state index contributed by atoms with van der Waals surface area (Å²) in [5, 5.41) is 2.70. The second-order valence-corrected chi connectivity index (χ2v) is 12.4. The van der Waals surface area contributed by atoms with Gasteiger partial charge in [-0.2, -0.15) is 0 Å². The van der Waals surface area contributed by atoms with Crippen LogP contribution >= 0.6 is 15.9 Å². The van der Waals surface area contributed by atoms with Gasteiger partial charge >= 0.3 is 0 Å². The SMILES string of the molecule is CNC(=O)[C@H](Cc1ccccc1)N(Cc1cccc(C)c1)C(=O)CN(c1cccc(Br)c1)S(=O)(=O)c1ccccc1. The first-order valence-electron chi connectivity index (χ1n) is 13.1. The number of benzene rings is 4. The second kappa shape index (κ2) is 13.6. The summed E-state index contributed by atoms with van der Waals surface area (Å²) in [6.07, 6.45) is 0.264. The highest BCUT2D eigenvalue weighted by Gasteiger charge is 2.34. The van der Waals surface area contributed by atoms with E-state index in [9.17, 15) is 18.0 Å². The third kappa shape index (κ3) is 7.62. The molecule has 0 spiro atoms. The Balaban J connectivity index is 1.78. The summed E-state index contributed by atoms with van der Waals surface area (Å²) >= 11 is 3.42. The van der Waals surface area contributed by atoms with Crippen molar-refractivity contribution in [1.82, 2.24) is 10.2 Å². The van der Waals surface area contributed by atoms with E-state index in [1.165, 1.54) is 24.1 Å². The minimum atomic E-state index is -4.12. The number of nitrogens with one attached hydrogen (secondary N) is 1. The number of halogens is 1. The van der Waals surface area contributed by atoms with E-state index in [1.807, 2.05) is 61.5 Å². The Kier molecular flexibility index (Phi) is 9.96. The highest BCUT2D eigenvalue weighted by atomic mass is 79.9. The molecule has 1 atom stereocenters. The maximum Gasteiger partial charge on any atom is 0.264 e. The largest absolute Gasteiger partial charge is 0.357 e. The Labute approximate surface area is 250 Å². The third-order valence-electron chi connectivity index (χ3n) is 6.66. The first kappa shape index (κ1) is 30.0. The molecule has 4 aromatic carbocycles. The lowest BCUT2D eigenvalue weighted by atomic mass is 10.0. The maximum absolute atomic E-state index is 14.3. The number of aryl methyl sites for hydroxylation is 1. The molecule has 0 fully saturated rings. The van der Waals surface area contributed by atoms with Gasteiger partial charge in [-0.05, 0) is 48.4 Å². The van der Waals surface area contributed by atoms with E-state index in [4.69, 9.17) is 0 Å². The summed E-state index contributed by atoms with van der Waals surface area (Å²) in [5.74, 6) is -0.842. The van der Waals surface area contributed by atoms with Crippen LogP contribution in [0.3, 0.4) is 0 Å². The predicted octanol–water partition coefficient (Wildman–Crippen LogP) is 5.34. The van der Waals surface area contributed by atoms with E-state index in [0.29, 0.717) is 10.2 Å². The summed E-state index contributed by atoms with van der Waals surface area (Å²) < 4.78 is 29.6. The molecule has 0 saturated carbocycles. The van der Waals surface area contributed by atoms with Gasteiger partial charge in [-0.15, -0.1) is 0 Å². The molecule has 4 rings (SSSR count). The van der Waals surface area contributed by atoms with Crippen LogP contribution in [0.25, 0.3) is 0 Å². The van der Waals surface area contributed by atoms with E-state index < -0.39 is 28.5 Å². The average molecular weight is 635 g/mol. The van der Waals surface area contributed by atoms with Gasteiger partial charge in [-0.1, -0.05) is 100 Å². The van der Waals surface area contributed by atoms with Crippen LogP contribution in [0.15, 0.2) is 119 Å². The topological polar surface area (TPSA) is 86.8 Å². The molecule has 0 aliphatic carbocycles. The van der Waals surface area contributed by atoms with Crippen molar-refractivity contribution < 1.29 is 18.0 Å². The van der Waals surface area contributed by atoms with Crippen molar-refractivity contribution in [3.63, 3.8) is 0 Å². The third-order valence-corrected chi connectivity index (χ3v) is 8.94. The number of amides is 2. The van der Waals surface area contributed by atoms with Crippen molar-refractivity contribution in [3.8, 4) is 0 Å². The van der Waals surface area contributed by atoms with E-state index in [0.717, 1.165) is 21.0 Å². The number of anilines is 1. The number of nitrogens with zero attached hydrogens (tertiary/aromatic N) is 2. The van der Waals surface area contributed by atoms with Crippen molar-refractivity contribution in [1.29, 1.82) is 0 Å². The number of likely N-dealkylation sites (N-methyl/N-ethyl adjacent to an activating group) is 1. The molecule has 0 aliphatic heterocycles. The molecule has 0 radical (unpaired) electrons. The number of rotatable bonds is 11. The van der Waals surface area contributed by atoms with Gasteiger partial charge in [-0.25, -0.2) is 8.42 Å². The first-order valence-corrected chi connectivity index (χ1v) is 15.4. The molecule has 0 heterocycles. The zero-order valence-corrected chi connectivity index (χ0v) is 25.3. The molecule has 41 heavy (non-hydrogen) atoms. The van der Waals surface area contributed by atoms with Gasteiger partial charge in [-0.3, -0.25) is 13.9 Å². The minimum Gasteiger partial charge on any atom is -0.357 e. The van der Waals surface area contributed by atoms with Crippen molar-refractivity contribution >= 4 is 43.5 Å². The average Bonchev–Trinajstić information content (AvgIpc) is 2.98. The van der Waals surface area contributed by atoms with E-state index in [2.05, 4.69) is 21.2 Å². The Morgan fingerprint density at radius 3 is 2.10 bits per heavy atom. The van der Waals surface area contributed by atoms with Crippen LogP contribution in [0.1, 0.15) is 16.7 Å². The number of hydrogen-bond donors (Lipinski definition) is 1. The molecule has 2 amide bonds. The van der Waals surface area contributed by atoms with Crippen LogP contribution in [0.5, 0.6) is 0 Å². The molecule has 0 bridgehead atoms. The Morgan fingerprint density at radius 1 is 0.829 bits per heavy atom. The Bertz CT molecular complexity index is 1600. The number of sulfonamides is 1. The Morgan fingerprint density at radius 2 is 1.46 bits per heavy atom. The standard InChI is InChI=1S/C32H32BrN3O4S/c1-24-11-9-14-26(19-24)22-35(30(32(38)34-2)20-25-12-5-3-6-13-25)31(37)23-36(28-16-10-15-27(33)21-28)41(39,40)29-17-7-4-8-18-29/h3-19,21,30H,20,22-23H2,1-2H3,(H,34,38)/t30-/m0/s1. The van der Waals surface area contributed by atoms with Crippen LogP contribution in [-0.2, 0) is 32.6 Å². The second-order valence-electron chi connectivity index (χ2n) is 9.64. The van der Waals surface area contributed by atoms with Crippen LogP contribution in [0.4, 0.5) is 5.69 Å². The van der Waals surface area contributed by atoms with Gasteiger partial charge < -0.3 is 10.2 Å². The normalized spacial score (nSPS) is 11.9. The Hall–Kier alpha value is -3.95. The number of carbonyl (C=O) groups excluding carboxylic acids is 2. The molecular weight excluding hydrogens is 602 g/mol.